The number of aryl methyl sites for hydroxylation is 1. The van der Waals surface area contributed by atoms with Gasteiger partial charge in [0.1, 0.15) is 16.8 Å². The summed E-state index contributed by atoms with van der Waals surface area (Å²) in [6, 6.07) is 5.80. The average molecular weight is 457 g/mol. The minimum Gasteiger partial charge on any atom is -0.429 e. The Kier molecular flexibility index (Phi) is 6.23. The van der Waals surface area contributed by atoms with Gasteiger partial charge in [0, 0.05) is 10.9 Å². The Hall–Kier alpha value is -2.40. The molecule has 11 heteroatoms. The van der Waals surface area contributed by atoms with Crippen molar-refractivity contribution < 1.29 is 22.7 Å². The molecule has 5 N–H and O–H groups in total. The molecule has 8 nitrogen and oxygen atoms in total. The normalized spacial score (nSPS) is 18.3. The predicted octanol–water partition coefficient (Wildman–Crippen LogP) is 2.34. The number of nitrogens with zero attached hydrogens (tertiary/aromatic N) is 1. The van der Waals surface area contributed by atoms with Crippen molar-refractivity contribution in [3.63, 3.8) is 0 Å². The van der Waals surface area contributed by atoms with Crippen LogP contribution in [-0.2, 0) is 14.8 Å². The van der Waals surface area contributed by atoms with E-state index in [1.807, 2.05) is 6.92 Å². The summed E-state index contributed by atoms with van der Waals surface area (Å²) in [7, 11) is -4.18. The smallest absolute Gasteiger partial charge is 0.295 e. The van der Waals surface area contributed by atoms with E-state index in [0.717, 1.165) is 5.56 Å². The van der Waals surface area contributed by atoms with Crippen LogP contribution in [0.1, 0.15) is 29.5 Å². The standard InChI is InChI=1S/C19H22ClFN4O4S/c1-9-4-6-13(21)16(10(9)2)11(3)17(18-23-24-19(26)29-18)25-30(27,28)15-7-5-12(20)8-14(15)22/h4-8,11,17,19,24-26H,22H2,1-3H3/t11?,17-,19?/m0/s1. The van der Waals surface area contributed by atoms with Gasteiger partial charge in [0.2, 0.25) is 15.9 Å². The number of benzene rings is 2. The molecule has 0 spiro atoms. The average Bonchev–Trinajstić information content (AvgIpc) is 3.09. The number of aliphatic hydroxyl groups excluding tert-OH is 1. The highest BCUT2D eigenvalue weighted by atomic mass is 35.5. The van der Waals surface area contributed by atoms with E-state index >= 15 is 0 Å². The maximum absolute atomic E-state index is 14.7. The fraction of sp³-hybridized carbons (Fsp3) is 0.316. The first kappa shape index (κ1) is 22.3. The highest BCUT2D eigenvalue weighted by Gasteiger charge is 2.36. The van der Waals surface area contributed by atoms with Crippen LogP contribution < -0.4 is 15.9 Å². The highest BCUT2D eigenvalue weighted by molar-refractivity contribution is 7.89. The summed E-state index contributed by atoms with van der Waals surface area (Å²) in [6.07, 6.45) is -1.44. The summed E-state index contributed by atoms with van der Waals surface area (Å²) < 4.78 is 48.5. The number of nitrogens with two attached hydrogens (primary N) is 1. The van der Waals surface area contributed by atoms with E-state index in [-0.39, 0.29) is 21.5 Å². The van der Waals surface area contributed by atoms with E-state index in [1.54, 1.807) is 19.9 Å². The summed E-state index contributed by atoms with van der Waals surface area (Å²) >= 11 is 5.86. The Balaban J connectivity index is 2.05. The number of hydrazone groups is 1. The zero-order valence-electron chi connectivity index (χ0n) is 16.5. The van der Waals surface area contributed by atoms with E-state index in [1.165, 1.54) is 24.3 Å². The summed E-state index contributed by atoms with van der Waals surface area (Å²) in [4.78, 5) is -0.197. The molecule has 0 bridgehead atoms. The number of aliphatic hydroxyl groups is 1. The minimum atomic E-state index is -4.18. The molecule has 1 heterocycles. The van der Waals surface area contributed by atoms with Crippen molar-refractivity contribution >= 4 is 33.2 Å². The molecule has 1 aliphatic rings. The number of hydrogen-bond donors (Lipinski definition) is 4. The first-order valence-electron chi connectivity index (χ1n) is 9.02. The lowest BCUT2D eigenvalue weighted by Gasteiger charge is -2.27. The molecule has 0 saturated carbocycles. The monoisotopic (exact) mass is 456 g/mol. The SMILES string of the molecule is Cc1ccc(F)c(C(C)[C@H](NS(=O)(=O)c2ccc(Cl)cc2N)C2=NNC(O)O2)c1C. The Morgan fingerprint density at radius 3 is 2.63 bits per heavy atom. The zero-order chi connectivity index (χ0) is 22.2. The van der Waals surface area contributed by atoms with Gasteiger partial charge in [0.15, 0.2) is 0 Å². The van der Waals surface area contributed by atoms with Crippen LogP contribution in [0.4, 0.5) is 10.1 Å². The first-order valence-corrected chi connectivity index (χ1v) is 10.9. The van der Waals surface area contributed by atoms with Crippen LogP contribution >= 0.6 is 11.6 Å². The summed E-state index contributed by atoms with van der Waals surface area (Å²) in [6.45, 7) is 5.21. The maximum atomic E-state index is 14.7. The van der Waals surface area contributed by atoms with Crippen LogP contribution in [-0.4, -0.2) is 31.9 Å². The molecule has 3 atom stereocenters. The van der Waals surface area contributed by atoms with E-state index < -0.39 is 34.2 Å². The first-order chi connectivity index (χ1) is 14.0. The zero-order valence-corrected chi connectivity index (χ0v) is 18.1. The molecule has 2 unspecified atom stereocenters. The van der Waals surface area contributed by atoms with Gasteiger partial charge in [-0.3, -0.25) is 0 Å². The quantitative estimate of drug-likeness (QED) is 0.494. The van der Waals surface area contributed by atoms with Gasteiger partial charge in [0.25, 0.3) is 6.41 Å². The molecule has 2 aromatic rings. The van der Waals surface area contributed by atoms with Crippen LogP contribution in [0, 0.1) is 19.7 Å². The Morgan fingerprint density at radius 1 is 1.33 bits per heavy atom. The van der Waals surface area contributed by atoms with Crippen molar-refractivity contribution in [3.8, 4) is 0 Å². The highest BCUT2D eigenvalue weighted by Crippen LogP contribution is 2.31. The second-order valence-electron chi connectivity index (χ2n) is 7.02. The lowest BCUT2D eigenvalue weighted by Crippen LogP contribution is -2.45. The molecule has 0 saturated heterocycles. The molecule has 0 fully saturated rings. The van der Waals surface area contributed by atoms with Crippen LogP contribution in [0.3, 0.4) is 0 Å². The van der Waals surface area contributed by atoms with Gasteiger partial charge in [-0.2, -0.15) is 4.72 Å². The number of nitrogen functional groups attached to an aromatic ring is 1. The molecule has 3 rings (SSSR count). The van der Waals surface area contributed by atoms with E-state index in [0.29, 0.717) is 11.1 Å². The summed E-state index contributed by atoms with van der Waals surface area (Å²) in [5.74, 6) is -1.36. The van der Waals surface area contributed by atoms with Gasteiger partial charge in [-0.15, -0.1) is 5.10 Å². The van der Waals surface area contributed by atoms with Crippen LogP contribution in [0.5, 0.6) is 0 Å². The van der Waals surface area contributed by atoms with Crippen molar-refractivity contribution in [2.24, 2.45) is 5.10 Å². The fourth-order valence-corrected chi connectivity index (χ4v) is 4.88. The maximum Gasteiger partial charge on any atom is 0.295 e. The molecular weight excluding hydrogens is 435 g/mol. The number of nitrogens with one attached hydrogen (secondary N) is 2. The van der Waals surface area contributed by atoms with E-state index in [4.69, 9.17) is 22.1 Å². The third kappa shape index (κ3) is 4.36. The molecule has 0 aromatic heterocycles. The number of anilines is 1. The van der Waals surface area contributed by atoms with E-state index in [9.17, 15) is 17.9 Å². The number of rotatable bonds is 6. The molecule has 0 radical (unpaired) electrons. The molecule has 0 aliphatic carbocycles. The van der Waals surface area contributed by atoms with E-state index in [2.05, 4.69) is 15.2 Å². The van der Waals surface area contributed by atoms with Gasteiger partial charge in [-0.25, -0.2) is 18.2 Å². The van der Waals surface area contributed by atoms with Crippen molar-refractivity contribution in [2.75, 3.05) is 5.73 Å². The van der Waals surface area contributed by atoms with Crippen molar-refractivity contribution in [2.45, 2.75) is 44.0 Å². The molecule has 30 heavy (non-hydrogen) atoms. The number of hydrogen-bond acceptors (Lipinski definition) is 7. The predicted molar refractivity (Wildman–Crippen MR) is 112 cm³/mol. The fourth-order valence-electron chi connectivity index (χ4n) is 3.32. The minimum absolute atomic E-state index is 0.0493. The van der Waals surface area contributed by atoms with Gasteiger partial charge in [0.05, 0.1) is 5.69 Å². The topological polar surface area (TPSA) is 126 Å². The van der Waals surface area contributed by atoms with Crippen molar-refractivity contribution in [1.82, 2.24) is 10.1 Å². The Bertz CT molecular complexity index is 1110. The van der Waals surface area contributed by atoms with Gasteiger partial charge < -0.3 is 15.6 Å². The Morgan fingerprint density at radius 2 is 2.03 bits per heavy atom. The van der Waals surface area contributed by atoms with Gasteiger partial charge in [-0.05, 0) is 54.8 Å². The summed E-state index contributed by atoms with van der Waals surface area (Å²) in [5, 5.41) is 13.7. The Labute approximate surface area is 178 Å². The molecular formula is C19H22ClFN4O4S. The lowest BCUT2D eigenvalue weighted by molar-refractivity contribution is -0.0359. The second kappa shape index (κ2) is 8.38. The second-order valence-corrected chi connectivity index (χ2v) is 9.14. The molecule has 162 valence electrons. The van der Waals surface area contributed by atoms with Gasteiger partial charge in [-0.1, -0.05) is 24.6 Å². The number of sulfonamides is 1. The number of halogens is 2. The molecule has 0 amide bonds. The molecule has 2 aromatic carbocycles. The third-order valence-electron chi connectivity index (χ3n) is 5.01. The summed E-state index contributed by atoms with van der Waals surface area (Å²) in [5.41, 5.74) is 9.90. The van der Waals surface area contributed by atoms with Crippen molar-refractivity contribution in [3.05, 3.63) is 57.9 Å². The lowest BCUT2D eigenvalue weighted by atomic mass is 9.88. The largest absolute Gasteiger partial charge is 0.429 e. The van der Waals surface area contributed by atoms with Crippen LogP contribution in [0.2, 0.25) is 5.02 Å². The van der Waals surface area contributed by atoms with Gasteiger partial charge >= 0.3 is 0 Å². The molecule has 1 aliphatic heterocycles. The van der Waals surface area contributed by atoms with Crippen LogP contribution in [0.25, 0.3) is 0 Å². The van der Waals surface area contributed by atoms with Crippen LogP contribution in [0.15, 0.2) is 40.3 Å². The van der Waals surface area contributed by atoms with Crippen molar-refractivity contribution in [1.29, 1.82) is 0 Å². The third-order valence-corrected chi connectivity index (χ3v) is 6.77. The number of ether oxygens (including phenoxy) is 1.